The number of fused-ring (bicyclic) bond motifs is 1. The molecule has 3 aromatic rings. The van der Waals surface area contributed by atoms with Crippen molar-refractivity contribution in [3.8, 4) is 0 Å². The number of carbonyl (C=O) groups is 1. The van der Waals surface area contributed by atoms with Gasteiger partial charge in [-0.2, -0.15) is 13.2 Å². The van der Waals surface area contributed by atoms with Gasteiger partial charge in [0.25, 0.3) is 0 Å². The van der Waals surface area contributed by atoms with Crippen LogP contribution in [0.15, 0.2) is 48.8 Å². The van der Waals surface area contributed by atoms with Gasteiger partial charge in [-0.05, 0) is 36.2 Å². The van der Waals surface area contributed by atoms with Crippen LogP contribution in [0.25, 0.3) is 11.0 Å². The topological polar surface area (TPSA) is 87.4 Å². The van der Waals surface area contributed by atoms with Crippen molar-refractivity contribution < 1.29 is 32.4 Å². The Morgan fingerprint density at radius 1 is 1.20 bits per heavy atom. The highest BCUT2D eigenvalue weighted by molar-refractivity contribution is 6.43. The average Bonchev–Trinajstić information content (AvgIpc) is 3.09. The first-order chi connectivity index (χ1) is 14.1. The molecule has 0 aliphatic carbocycles. The van der Waals surface area contributed by atoms with Gasteiger partial charge >= 0.3 is 13.3 Å². The van der Waals surface area contributed by atoms with Crippen molar-refractivity contribution in [2.75, 3.05) is 0 Å². The molecule has 0 bridgehead atoms. The number of carbonyl (C=O) groups excluding carboxylic acids is 1. The van der Waals surface area contributed by atoms with E-state index in [9.17, 15) is 32.4 Å². The maximum absolute atomic E-state index is 13.4. The molecule has 1 heterocycles. The van der Waals surface area contributed by atoms with Crippen molar-refractivity contribution in [1.29, 1.82) is 0 Å². The molecule has 0 saturated carbocycles. The van der Waals surface area contributed by atoms with Crippen molar-refractivity contribution in [3.63, 3.8) is 0 Å². The van der Waals surface area contributed by atoms with Gasteiger partial charge in [0.05, 0.1) is 28.9 Å². The van der Waals surface area contributed by atoms with E-state index in [4.69, 9.17) is 0 Å². The van der Waals surface area contributed by atoms with Crippen LogP contribution in [-0.2, 0) is 23.9 Å². The predicted octanol–water partition coefficient (Wildman–Crippen LogP) is 2.32. The van der Waals surface area contributed by atoms with E-state index in [0.29, 0.717) is 12.1 Å². The predicted molar refractivity (Wildman–Crippen MR) is 102 cm³/mol. The van der Waals surface area contributed by atoms with E-state index < -0.39 is 36.5 Å². The van der Waals surface area contributed by atoms with E-state index in [0.717, 1.165) is 17.1 Å². The standard InChI is InChI=1S/C19H18BF4N3O3/c21-14-6-5-12(9-13(14)19(22,23)24)10-17(20(29)30)26-18(28)7-8-27-11-25-15-3-1-2-4-16(15)27/h1-6,9,11,17,29-30H,7-8,10H2,(H,26,28). The minimum atomic E-state index is -4.88. The van der Waals surface area contributed by atoms with Crippen molar-refractivity contribution >= 4 is 24.1 Å². The van der Waals surface area contributed by atoms with E-state index in [1.54, 1.807) is 10.9 Å². The highest BCUT2D eigenvalue weighted by Crippen LogP contribution is 2.32. The molecule has 3 rings (SSSR count). The number of halogens is 4. The molecule has 0 aliphatic heterocycles. The maximum Gasteiger partial charge on any atom is 0.475 e. The molecule has 2 aromatic carbocycles. The summed E-state index contributed by atoms with van der Waals surface area (Å²) in [6.07, 6.45) is -3.64. The highest BCUT2D eigenvalue weighted by atomic mass is 19.4. The first-order valence-corrected chi connectivity index (χ1v) is 9.06. The Kier molecular flexibility index (Phi) is 6.42. The van der Waals surface area contributed by atoms with E-state index in [1.165, 1.54) is 0 Å². The summed E-state index contributed by atoms with van der Waals surface area (Å²) < 4.78 is 53.8. The molecule has 0 radical (unpaired) electrons. The van der Waals surface area contributed by atoms with Gasteiger partial charge in [0.15, 0.2) is 0 Å². The molecule has 0 fully saturated rings. The summed E-state index contributed by atoms with van der Waals surface area (Å²) in [5, 5.41) is 21.5. The number of aromatic nitrogens is 2. The average molecular weight is 423 g/mol. The Morgan fingerprint density at radius 2 is 1.93 bits per heavy atom. The smallest absolute Gasteiger partial charge is 0.426 e. The van der Waals surface area contributed by atoms with E-state index in [2.05, 4.69) is 10.3 Å². The fourth-order valence-corrected chi connectivity index (χ4v) is 3.09. The number of hydrogen-bond acceptors (Lipinski definition) is 4. The lowest BCUT2D eigenvalue weighted by molar-refractivity contribution is -0.140. The van der Waals surface area contributed by atoms with Gasteiger partial charge < -0.3 is 19.9 Å². The van der Waals surface area contributed by atoms with Crippen LogP contribution in [0, 0.1) is 5.82 Å². The Balaban J connectivity index is 1.65. The number of benzene rings is 2. The molecule has 30 heavy (non-hydrogen) atoms. The van der Waals surface area contributed by atoms with Crippen LogP contribution in [0.3, 0.4) is 0 Å². The molecular weight excluding hydrogens is 405 g/mol. The fourth-order valence-electron chi connectivity index (χ4n) is 3.09. The largest absolute Gasteiger partial charge is 0.475 e. The summed E-state index contributed by atoms with van der Waals surface area (Å²) in [5.74, 6) is -3.21. The number of imidazole rings is 1. The number of rotatable bonds is 7. The molecule has 3 N–H and O–H groups in total. The van der Waals surface area contributed by atoms with Crippen molar-refractivity contribution in [1.82, 2.24) is 14.9 Å². The van der Waals surface area contributed by atoms with Crippen LogP contribution >= 0.6 is 0 Å². The van der Waals surface area contributed by atoms with Crippen LogP contribution in [0.2, 0.25) is 0 Å². The molecule has 0 aliphatic rings. The summed E-state index contributed by atoms with van der Waals surface area (Å²) in [6, 6.07) is 9.67. The second-order valence-electron chi connectivity index (χ2n) is 6.78. The van der Waals surface area contributed by atoms with Crippen LogP contribution in [0.5, 0.6) is 0 Å². The zero-order valence-electron chi connectivity index (χ0n) is 15.6. The Hall–Kier alpha value is -2.92. The van der Waals surface area contributed by atoms with Crippen molar-refractivity contribution in [3.05, 3.63) is 65.7 Å². The minimum Gasteiger partial charge on any atom is -0.426 e. The molecule has 1 atom stereocenters. The van der Waals surface area contributed by atoms with Gasteiger partial charge in [0.2, 0.25) is 5.91 Å². The number of nitrogens with zero attached hydrogens (tertiary/aromatic N) is 2. The minimum absolute atomic E-state index is 0.00253. The van der Waals surface area contributed by atoms with E-state index in [-0.39, 0.29) is 24.9 Å². The number of aryl methyl sites for hydroxylation is 1. The van der Waals surface area contributed by atoms with Gasteiger partial charge in [-0.15, -0.1) is 0 Å². The lowest BCUT2D eigenvalue weighted by Crippen LogP contribution is -2.48. The van der Waals surface area contributed by atoms with Gasteiger partial charge in [0.1, 0.15) is 5.82 Å². The first-order valence-electron chi connectivity index (χ1n) is 9.06. The second-order valence-corrected chi connectivity index (χ2v) is 6.78. The number of amides is 1. The number of para-hydroxylation sites is 2. The molecule has 1 unspecified atom stereocenters. The molecule has 0 saturated heterocycles. The number of nitrogens with one attached hydrogen (secondary N) is 1. The zero-order chi connectivity index (χ0) is 21.9. The third kappa shape index (κ3) is 5.16. The summed E-state index contributed by atoms with van der Waals surface area (Å²) in [6.45, 7) is 0.273. The third-order valence-corrected chi connectivity index (χ3v) is 4.61. The summed E-state index contributed by atoms with van der Waals surface area (Å²) in [4.78, 5) is 16.5. The van der Waals surface area contributed by atoms with Gasteiger partial charge in [-0.25, -0.2) is 9.37 Å². The monoisotopic (exact) mass is 423 g/mol. The molecule has 11 heteroatoms. The molecular formula is C19H18BF4N3O3. The molecule has 1 aromatic heterocycles. The Morgan fingerprint density at radius 3 is 2.63 bits per heavy atom. The van der Waals surface area contributed by atoms with Crippen LogP contribution in [0.4, 0.5) is 17.6 Å². The van der Waals surface area contributed by atoms with E-state index >= 15 is 0 Å². The second kappa shape index (κ2) is 8.84. The summed E-state index contributed by atoms with van der Waals surface area (Å²) in [5.41, 5.74) is 0.139. The third-order valence-electron chi connectivity index (χ3n) is 4.61. The van der Waals surface area contributed by atoms with Crippen molar-refractivity contribution in [2.45, 2.75) is 31.5 Å². The van der Waals surface area contributed by atoms with Gasteiger partial charge in [-0.1, -0.05) is 18.2 Å². The van der Waals surface area contributed by atoms with Crippen LogP contribution in [0.1, 0.15) is 17.5 Å². The molecule has 1 amide bonds. The normalized spacial score (nSPS) is 12.7. The number of alkyl halides is 3. The Labute approximate surface area is 169 Å². The summed E-state index contributed by atoms with van der Waals surface area (Å²) >= 11 is 0. The zero-order valence-corrected chi connectivity index (χ0v) is 15.6. The maximum atomic E-state index is 13.4. The lowest BCUT2D eigenvalue weighted by Gasteiger charge is -2.19. The molecule has 6 nitrogen and oxygen atoms in total. The highest BCUT2D eigenvalue weighted by Gasteiger charge is 2.35. The van der Waals surface area contributed by atoms with Crippen molar-refractivity contribution in [2.24, 2.45) is 0 Å². The quantitative estimate of drug-likeness (QED) is 0.402. The molecule has 158 valence electrons. The van der Waals surface area contributed by atoms with Gasteiger partial charge in [0, 0.05) is 13.0 Å². The van der Waals surface area contributed by atoms with E-state index in [1.807, 2.05) is 24.3 Å². The van der Waals surface area contributed by atoms with Gasteiger partial charge in [-0.3, -0.25) is 4.79 Å². The van der Waals surface area contributed by atoms with Crippen LogP contribution < -0.4 is 5.32 Å². The lowest BCUT2D eigenvalue weighted by atomic mass is 9.75. The number of hydrogen-bond donors (Lipinski definition) is 3. The SMILES string of the molecule is O=C(CCn1cnc2ccccc21)NC(Cc1ccc(F)c(C(F)(F)F)c1)B(O)O. The summed E-state index contributed by atoms with van der Waals surface area (Å²) in [7, 11) is -2.01. The first kappa shape index (κ1) is 21.8. The fraction of sp³-hybridized carbons (Fsp3) is 0.263. The van der Waals surface area contributed by atoms with Crippen LogP contribution in [-0.4, -0.2) is 38.6 Å². The molecule has 0 spiro atoms. The Bertz CT molecular complexity index is 1040.